The molecule has 1 amide bonds. The zero-order chi connectivity index (χ0) is 14.6. The van der Waals surface area contributed by atoms with Crippen LogP contribution in [0.5, 0.6) is 0 Å². The lowest BCUT2D eigenvalue weighted by Gasteiger charge is -2.05. The number of amides is 1. The number of nitrogens with one attached hydrogen (secondary N) is 1. The second-order valence-corrected chi connectivity index (χ2v) is 6.67. The molecule has 20 heavy (non-hydrogen) atoms. The zero-order valence-corrected chi connectivity index (χ0v) is 11.8. The van der Waals surface area contributed by atoms with Crippen LogP contribution in [0.3, 0.4) is 0 Å². The Labute approximate surface area is 117 Å². The summed E-state index contributed by atoms with van der Waals surface area (Å²) in [6, 6.07) is 10.1. The third kappa shape index (κ3) is 4.24. The molecule has 1 aromatic heterocycles. The van der Waals surface area contributed by atoms with Crippen molar-refractivity contribution >= 4 is 15.7 Å². The first-order chi connectivity index (χ1) is 9.44. The summed E-state index contributed by atoms with van der Waals surface area (Å²) in [4.78, 5) is 12.0. The highest BCUT2D eigenvalue weighted by Gasteiger charge is 2.09. The van der Waals surface area contributed by atoms with Crippen molar-refractivity contribution in [3.63, 3.8) is 0 Å². The Morgan fingerprint density at radius 3 is 2.70 bits per heavy atom. The van der Waals surface area contributed by atoms with Gasteiger partial charge in [0.2, 0.25) is 0 Å². The van der Waals surface area contributed by atoms with Gasteiger partial charge in [0.25, 0.3) is 5.91 Å². The molecule has 6 heteroatoms. The van der Waals surface area contributed by atoms with Crippen LogP contribution in [0.15, 0.2) is 47.1 Å². The van der Waals surface area contributed by atoms with Crippen LogP contribution in [0.4, 0.5) is 0 Å². The van der Waals surface area contributed by atoms with E-state index in [0.717, 1.165) is 6.26 Å². The van der Waals surface area contributed by atoms with Crippen LogP contribution in [0, 0.1) is 0 Å². The summed E-state index contributed by atoms with van der Waals surface area (Å²) >= 11 is 0. The van der Waals surface area contributed by atoms with Gasteiger partial charge in [0.05, 0.1) is 18.6 Å². The van der Waals surface area contributed by atoms with Crippen LogP contribution in [0.25, 0.3) is 0 Å². The lowest BCUT2D eigenvalue weighted by Crippen LogP contribution is -2.22. The SMILES string of the molecule is CS(=O)(=O)Cc1cccc(C(=O)NCc2ccco2)c1. The average Bonchev–Trinajstić information content (AvgIpc) is 2.87. The average molecular weight is 293 g/mol. The monoisotopic (exact) mass is 293 g/mol. The predicted octanol–water partition coefficient (Wildman–Crippen LogP) is 1.75. The van der Waals surface area contributed by atoms with Crippen LogP contribution >= 0.6 is 0 Å². The van der Waals surface area contributed by atoms with Crippen molar-refractivity contribution < 1.29 is 17.6 Å². The van der Waals surface area contributed by atoms with Gasteiger partial charge in [-0.25, -0.2) is 8.42 Å². The first kappa shape index (κ1) is 14.3. The van der Waals surface area contributed by atoms with Crippen LogP contribution in [-0.2, 0) is 22.1 Å². The van der Waals surface area contributed by atoms with Gasteiger partial charge in [-0.05, 0) is 29.8 Å². The Balaban J connectivity index is 2.04. The van der Waals surface area contributed by atoms with Crippen molar-refractivity contribution in [3.05, 3.63) is 59.5 Å². The number of rotatable bonds is 5. The zero-order valence-electron chi connectivity index (χ0n) is 11.0. The fourth-order valence-corrected chi connectivity index (χ4v) is 2.57. The highest BCUT2D eigenvalue weighted by atomic mass is 32.2. The molecule has 0 fully saturated rings. The molecule has 0 aliphatic rings. The van der Waals surface area contributed by atoms with E-state index < -0.39 is 9.84 Å². The minimum absolute atomic E-state index is 0.0771. The van der Waals surface area contributed by atoms with Gasteiger partial charge in [0.15, 0.2) is 9.84 Å². The maximum absolute atomic E-state index is 12.0. The van der Waals surface area contributed by atoms with Crippen molar-refractivity contribution in [2.75, 3.05) is 6.26 Å². The molecule has 5 nitrogen and oxygen atoms in total. The molecule has 0 saturated heterocycles. The van der Waals surface area contributed by atoms with E-state index in [-0.39, 0.29) is 11.7 Å². The smallest absolute Gasteiger partial charge is 0.251 e. The van der Waals surface area contributed by atoms with Crippen molar-refractivity contribution in [3.8, 4) is 0 Å². The quantitative estimate of drug-likeness (QED) is 0.911. The molecule has 2 rings (SSSR count). The molecule has 0 aliphatic carbocycles. The third-order valence-electron chi connectivity index (χ3n) is 2.62. The highest BCUT2D eigenvalue weighted by molar-refractivity contribution is 7.89. The lowest BCUT2D eigenvalue weighted by molar-refractivity contribution is 0.0948. The van der Waals surface area contributed by atoms with E-state index >= 15 is 0 Å². The Bertz CT molecular complexity index is 690. The lowest BCUT2D eigenvalue weighted by atomic mass is 10.1. The first-order valence-electron chi connectivity index (χ1n) is 6.01. The number of sulfone groups is 1. The molecule has 1 heterocycles. The molecule has 106 valence electrons. The molecule has 0 radical (unpaired) electrons. The standard InChI is InChI=1S/C14H15NO4S/c1-20(17,18)10-11-4-2-5-12(8-11)14(16)15-9-13-6-3-7-19-13/h2-8H,9-10H2,1H3,(H,15,16). The van der Waals surface area contributed by atoms with Gasteiger partial charge in [0.1, 0.15) is 5.76 Å². The van der Waals surface area contributed by atoms with E-state index in [1.807, 2.05) is 0 Å². The van der Waals surface area contributed by atoms with Crippen LogP contribution in [-0.4, -0.2) is 20.6 Å². The van der Waals surface area contributed by atoms with Gasteiger partial charge in [0, 0.05) is 11.8 Å². The van der Waals surface area contributed by atoms with E-state index in [9.17, 15) is 13.2 Å². The Hall–Kier alpha value is -2.08. The highest BCUT2D eigenvalue weighted by Crippen LogP contribution is 2.09. The van der Waals surface area contributed by atoms with Crippen molar-refractivity contribution in [1.82, 2.24) is 5.32 Å². The molecule has 0 spiro atoms. The maximum Gasteiger partial charge on any atom is 0.251 e. The molecule has 2 aromatic rings. The molecule has 0 unspecified atom stereocenters. The normalized spacial score (nSPS) is 11.2. The van der Waals surface area contributed by atoms with Crippen molar-refractivity contribution in [2.45, 2.75) is 12.3 Å². The van der Waals surface area contributed by atoms with E-state index in [2.05, 4.69) is 5.32 Å². The molecule has 0 bridgehead atoms. The molecule has 0 aliphatic heterocycles. The number of benzene rings is 1. The molecular weight excluding hydrogens is 278 g/mol. The van der Waals surface area contributed by atoms with Gasteiger partial charge in [-0.15, -0.1) is 0 Å². The number of hydrogen-bond donors (Lipinski definition) is 1. The van der Waals surface area contributed by atoms with Gasteiger partial charge in [-0.1, -0.05) is 12.1 Å². The van der Waals surface area contributed by atoms with Crippen LogP contribution < -0.4 is 5.32 Å². The fraction of sp³-hybridized carbons (Fsp3) is 0.214. The number of carbonyl (C=O) groups excluding carboxylic acids is 1. The minimum Gasteiger partial charge on any atom is -0.467 e. The first-order valence-corrected chi connectivity index (χ1v) is 8.07. The Morgan fingerprint density at radius 1 is 1.25 bits per heavy atom. The second kappa shape index (κ2) is 5.92. The largest absolute Gasteiger partial charge is 0.467 e. The van der Waals surface area contributed by atoms with Crippen molar-refractivity contribution in [1.29, 1.82) is 0 Å². The number of furan rings is 1. The molecule has 1 N–H and O–H groups in total. The van der Waals surface area contributed by atoms with E-state index in [4.69, 9.17) is 4.42 Å². The third-order valence-corrected chi connectivity index (χ3v) is 3.48. The van der Waals surface area contributed by atoms with Gasteiger partial charge in [-0.3, -0.25) is 4.79 Å². The summed E-state index contributed by atoms with van der Waals surface area (Å²) in [6.07, 6.45) is 2.70. The summed E-state index contributed by atoms with van der Waals surface area (Å²) in [7, 11) is -3.11. The number of carbonyl (C=O) groups is 1. The second-order valence-electron chi connectivity index (χ2n) is 4.53. The van der Waals surface area contributed by atoms with Gasteiger partial charge < -0.3 is 9.73 Å². The van der Waals surface area contributed by atoms with E-state index in [1.54, 1.807) is 36.4 Å². The molecule has 0 saturated carbocycles. The fourth-order valence-electron chi connectivity index (χ4n) is 1.79. The van der Waals surface area contributed by atoms with Crippen LogP contribution in [0.2, 0.25) is 0 Å². The minimum atomic E-state index is -3.11. The maximum atomic E-state index is 12.0. The van der Waals surface area contributed by atoms with E-state index in [1.165, 1.54) is 6.26 Å². The topological polar surface area (TPSA) is 76.4 Å². The number of hydrogen-bond acceptors (Lipinski definition) is 4. The summed E-state index contributed by atoms with van der Waals surface area (Å²) in [6.45, 7) is 0.294. The summed E-state index contributed by atoms with van der Waals surface area (Å²) in [5, 5.41) is 2.71. The van der Waals surface area contributed by atoms with E-state index in [0.29, 0.717) is 23.4 Å². The molecule has 1 aromatic carbocycles. The van der Waals surface area contributed by atoms with Gasteiger partial charge in [-0.2, -0.15) is 0 Å². The Kier molecular flexibility index (Phi) is 4.24. The van der Waals surface area contributed by atoms with Crippen LogP contribution in [0.1, 0.15) is 21.7 Å². The molecule has 0 atom stereocenters. The van der Waals surface area contributed by atoms with Gasteiger partial charge >= 0.3 is 0 Å². The summed E-state index contributed by atoms with van der Waals surface area (Å²) < 4.78 is 27.6. The summed E-state index contributed by atoms with van der Waals surface area (Å²) in [5.74, 6) is 0.314. The Morgan fingerprint density at radius 2 is 2.05 bits per heavy atom. The predicted molar refractivity (Wildman–Crippen MR) is 74.9 cm³/mol. The summed E-state index contributed by atoms with van der Waals surface area (Å²) in [5.41, 5.74) is 1.02. The van der Waals surface area contributed by atoms with Crippen molar-refractivity contribution in [2.24, 2.45) is 0 Å². The molecular formula is C14H15NO4S.